The molecule has 0 unspecified atom stereocenters. The van der Waals surface area contributed by atoms with E-state index in [2.05, 4.69) is 16.4 Å². The normalized spacial score (nSPS) is 16.3. The molecule has 1 aromatic heterocycles. The molecule has 1 aliphatic carbocycles. The van der Waals surface area contributed by atoms with Gasteiger partial charge >= 0.3 is 0 Å². The number of rotatable bonds is 2. The number of nitrogen functional groups attached to an aromatic ring is 1. The molecular weight excluding hydrogens is 222 g/mol. The van der Waals surface area contributed by atoms with Crippen molar-refractivity contribution in [3.8, 4) is 0 Å². The van der Waals surface area contributed by atoms with Gasteiger partial charge in [0.25, 0.3) is 0 Å². The topological polar surface area (TPSA) is 50.9 Å². The Morgan fingerprint density at radius 3 is 2.78 bits per heavy atom. The third-order valence-electron chi connectivity index (χ3n) is 3.68. The average Bonchev–Trinajstić information content (AvgIpc) is 2.83. The Balaban J connectivity index is 2.05. The van der Waals surface area contributed by atoms with Crippen LogP contribution >= 0.6 is 0 Å². The number of aryl methyl sites for hydroxylation is 1. The first-order valence-corrected chi connectivity index (χ1v) is 6.66. The summed E-state index contributed by atoms with van der Waals surface area (Å²) in [6.07, 6.45) is 5.21. The van der Waals surface area contributed by atoms with E-state index < -0.39 is 0 Å². The smallest absolute Gasteiger partial charge is 0.0727 e. The van der Waals surface area contributed by atoms with Crippen LogP contribution in [0.5, 0.6) is 0 Å². The van der Waals surface area contributed by atoms with Crippen molar-refractivity contribution in [2.24, 2.45) is 0 Å². The summed E-state index contributed by atoms with van der Waals surface area (Å²) in [5, 5.41) is 4.79. The molecule has 18 heavy (non-hydrogen) atoms. The standard InChI is InChI=1S/C15H19N3/c1-10-8-15(18-12-4-2-3-5-12)13-9-11(16)6-7-14(13)17-10/h6-9,12H,2-5,16H2,1H3,(H,17,18). The van der Waals surface area contributed by atoms with E-state index in [9.17, 15) is 0 Å². The van der Waals surface area contributed by atoms with Crippen LogP contribution < -0.4 is 11.1 Å². The van der Waals surface area contributed by atoms with Crippen LogP contribution in [0.3, 0.4) is 0 Å². The molecule has 1 aromatic carbocycles. The van der Waals surface area contributed by atoms with E-state index in [0.29, 0.717) is 6.04 Å². The Hall–Kier alpha value is -1.77. The van der Waals surface area contributed by atoms with Crippen molar-refractivity contribution in [1.29, 1.82) is 0 Å². The van der Waals surface area contributed by atoms with Gasteiger partial charge in [-0.15, -0.1) is 0 Å². The van der Waals surface area contributed by atoms with E-state index in [1.165, 1.54) is 31.4 Å². The molecule has 0 atom stereocenters. The van der Waals surface area contributed by atoms with Crippen LogP contribution in [0.4, 0.5) is 11.4 Å². The fourth-order valence-electron chi connectivity index (χ4n) is 2.79. The monoisotopic (exact) mass is 241 g/mol. The lowest BCUT2D eigenvalue weighted by molar-refractivity contribution is 0.756. The predicted octanol–water partition coefficient (Wildman–Crippen LogP) is 3.48. The highest BCUT2D eigenvalue weighted by Gasteiger charge is 2.16. The van der Waals surface area contributed by atoms with Crippen molar-refractivity contribution < 1.29 is 0 Å². The van der Waals surface area contributed by atoms with E-state index >= 15 is 0 Å². The van der Waals surface area contributed by atoms with Crippen LogP contribution in [0.2, 0.25) is 0 Å². The number of nitrogens with zero attached hydrogens (tertiary/aromatic N) is 1. The largest absolute Gasteiger partial charge is 0.399 e. The third kappa shape index (κ3) is 2.13. The Bertz CT molecular complexity index is 571. The summed E-state index contributed by atoms with van der Waals surface area (Å²) in [5.74, 6) is 0. The van der Waals surface area contributed by atoms with Gasteiger partial charge in [0, 0.05) is 28.5 Å². The van der Waals surface area contributed by atoms with Gasteiger partial charge in [-0.3, -0.25) is 4.98 Å². The molecule has 1 fully saturated rings. The molecule has 1 saturated carbocycles. The van der Waals surface area contributed by atoms with Gasteiger partial charge in [-0.05, 0) is 44.0 Å². The Morgan fingerprint density at radius 2 is 2.00 bits per heavy atom. The summed E-state index contributed by atoms with van der Waals surface area (Å²) in [7, 11) is 0. The highest BCUT2D eigenvalue weighted by Crippen LogP contribution is 2.29. The number of aromatic nitrogens is 1. The van der Waals surface area contributed by atoms with Crippen LogP contribution in [-0.4, -0.2) is 11.0 Å². The number of hydrogen-bond donors (Lipinski definition) is 2. The molecule has 3 rings (SSSR count). The molecule has 0 bridgehead atoms. The van der Waals surface area contributed by atoms with E-state index in [-0.39, 0.29) is 0 Å². The number of nitrogens with two attached hydrogens (primary N) is 1. The van der Waals surface area contributed by atoms with Crippen LogP contribution in [0, 0.1) is 6.92 Å². The minimum absolute atomic E-state index is 0.608. The maximum absolute atomic E-state index is 5.88. The number of benzene rings is 1. The molecular formula is C15H19N3. The van der Waals surface area contributed by atoms with Crippen molar-refractivity contribution in [2.45, 2.75) is 38.6 Å². The second-order valence-corrected chi connectivity index (χ2v) is 5.21. The summed E-state index contributed by atoms with van der Waals surface area (Å²) >= 11 is 0. The molecule has 0 radical (unpaired) electrons. The van der Waals surface area contributed by atoms with Crippen molar-refractivity contribution in [1.82, 2.24) is 4.98 Å². The van der Waals surface area contributed by atoms with Crippen molar-refractivity contribution >= 4 is 22.3 Å². The first-order chi connectivity index (χ1) is 8.72. The van der Waals surface area contributed by atoms with E-state index in [1.54, 1.807) is 0 Å². The van der Waals surface area contributed by atoms with Crippen molar-refractivity contribution in [2.75, 3.05) is 11.1 Å². The second-order valence-electron chi connectivity index (χ2n) is 5.21. The summed E-state index contributed by atoms with van der Waals surface area (Å²) in [4.78, 5) is 4.56. The molecule has 0 spiro atoms. The molecule has 1 aliphatic rings. The molecule has 0 saturated heterocycles. The third-order valence-corrected chi connectivity index (χ3v) is 3.68. The second kappa shape index (κ2) is 4.48. The van der Waals surface area contributed by atoms with Gasteiger partial charge in [-0.25, -0.2) is 0 Å². The lowest BCUT2D eigenvalue weighted by Gasteiger charge is -2.16. The first kappa shape index (κ1) is 11.3. The number of fused-ring (bicyclic) bond motifs is 1. The quantitative estimate of drug-likeness (QED) is 0.791. The lowest BCUT2D eigenvalue weighted by atomic mass is 10.1. The molecule has 1 heterocycles. The van der Waals surface area contributed by atoms with Gasteiger partial charge in [-0.2, -0.15) is 0 Å². The number of pyridine rings is 1. The van der Waals surface area contributed by atoms with E-state index in [0.717, 1.165) is 22.3 Å². The zero-order chi connectivity index (χ0) is 12.5. The molecule has 3 nitrogen and oxygen atoms in total. The van der Waals surface area contributed by atoms with E-state index in [4.69, 9.17) is 5.73 Å². The molecule has 94 valence electrons. The van der Waals surface area contributed by atoms with Gasteiger partial charge in [0.1, 0.15) is 0 Å². The molecule has 0 aliphatic heterocycles. The summed E-state index contributed by atoms with van der Waals surface area (Å²) in [5.41, 5.74) is 9.92. The fourth-order valence-corrected chi connectivity index (χ4v) is 2.79. The Labute approximate surface area is 107 Å². The van der Waals surface area contributed by atoms with Gasteiger partial charge in [0.2, 0.25) is 0 Å². The van der Waals surface area contributed by atoms with Gasteiger partial charge < -0.3 is 11.1 Å². The molecule has 0 amide bonds. The zero-order valence-corrected chi connectivity index (χ0v) is 10.7. The van der Waals surface area contributed by atoms with Gasteiger partial charge in [-0.1, -0.05) is 12.8 Å². The Morgan fingerprint density at radius 1 is 1.22 bits per heavy atom. The van der Waals surface area contributed by atoms with Crippen LogP contribution in [0.1, 0.15) is 31.4 Å². The summed E-state index contributed by atoms with van der Waals surface area (Å²) < 4.78 is 0. The highest BCUT2D eigenvalue weighted by molar-refractivity contribution is 5.93. The minimum Gasteiger partial charge on any atom is -0.399 e. The maximum atomic E-state index is 5.88. The van der Waals surface area contributed by atoms with Gasteiger partial charge in [0.05, 0.1) is 5.52 Å². The van der Waals surface area contributed by atoms with E-state index in [1.807, 2.05) is 25.1 Å². The molecule has 3 heteroatoms. The highest BCUT2D eigenvalue weighted by atomic mass is 14.9. The number of anilines is 2. The first-order valence-electron chi connectivity index (χ1n) is 6.66. The lowest BCUT2D eigenvalue weighted by Crippen LogP contribution is -2.15. The Kier molecular flexibility index (Phi) is 2.82. The summed E-state index contributed by atoms with van der Waals surface area (Å²) in [6.45, 7) is 2.04. The predicted molar refractivity (Wildman–Crippen MR) is 76.8 cm³/mol. The maximum Gasteiger partial charge on any atom is 0.0727 e. The van der Waals surface area contributed by atoms with Crippen molar-refractivity contribution in [3.63, 3.8) is 0 Å². The fraction of sp³-hybridized carbons (Fsp3) is 0.400. The molecule has 3 N–H and O–H groups in total. The van der Waals surface area contributed by atoms with Crippen LogP contribution in [-0.2, 0) is 0 Å². The minimum atomic E-state index is 0.608. The SMILES string of the molecule is Cc1cc(NC2CCCC2)c2cc(N)ccc2n1. The van der Waals surface area contributed by atoms with Crippen molar-refractivity contribution in [3.05, 3.63) is 30.0 Å². The zero-order valence-electron chi connectivity index (χ0n) is 10.7. The summed E-state index contributed by atoms with van der Waals surface area (Å²) in [6, 6.07) is 8.65. The number of nitrogens with one attached hydrogen (secondary N) is 1. The van der Waals surface area contributed by atoms with Crippen LogP contribution in [0.15, 0.2) is 24.3 Å². The van der Waals surface area contributed by atoms with Gasteiger partial charge in [0.15, 0.2) is 0 Å². The van der Waals surface area contributed by atoms with Crippen LogP contribution in [0.25, 0.3) is 10.9 Å². The molecule has 2 aromatic rings. The average molecular weight is 241 g/mol. The number of hydrogen-bond acceptors (Lipinski definition) is 3.